The Morgan fingerprint density at radius 3 is 2.49 bits per heavy atom. The summed E-state index contributed by atoms with van der Waals surface area (Å²) in [5, 5.41) is 15.9. The van der Waals surface area contributed by atoms with E-state index in [1.54, 1.807) is 60.6 Å². The molecule has 10 rings (SSSR count). The number of fused-ring (bicyclic) bond motifs is 2. The van der Waals surface area contributed by atoms with Crippen LogP contribution in [-0.4, -0.2) is 141 Å². The number of aryl methyl sites for hydroxylation is 2. The van der Waals surface area contributed by atoms with Crippen LogP contribution < -0.4 is 25.3 Å². The number of anilines is 5. The molecule has 69 heavy (non-hydrogen) atoms. The molecule has 5 aliphatic rings. The number of likely N-dealkylation sites (tertiary alicyclic amines) is 1. The van der Waals surface area contributed by atoms with Gasteiger partial charge in [-0.15, -0.1) is 0 Å². The Kier molecular flexibility index (Phi) is 13.6. The molecule has 8 heterocycles. The third-order valence-corrected chi connectivity index (χ3v) is 14.8. The van der Waals surface area contributed by atoms with Gasteiger partial charge >= 0.3 is 6.03 Å². The fourth-order valence-electron chi connectivity index (χ4n) is 11.1. The normalized spacial score (nSPS) is 19.2. The van der Waals surface area contributed by atoms with Crippen LogP contribution in [-0.2, 0) is 31.2 Å². The molecule has 1 atom stereocenters. The number of carbonyl (C=O) groups excluding carboxylic acids is 2. The molecule has 3 aromatic heterocycles. The van der Waals surface area contributed by atoms with Gasteiger partial charge in [0.2, 0.25) is 5.91 Å². The second-order valence-electron chi connectivity index (χ2n) is 19.2. The Labute approximate surface area is 401 Å². The molecule has 19 heteroatoms. The minimum Gasteiger partial charge on any atom is -0.369 e. The van der Waals surface area contributed by atoms with Crippen molar-refractivity contribution in [2.24, 2.45) is 7.05 Å². The molecule has 5 aromatic rings. The molecule has 0 radical (unpaired) electrons. The average Bonchev–Trinajstić information content (AvgIpc) is 3.99. The summed E-state index contributed by atoms with van der Waals surface area (Å²) in [7, 11) is 3.41. The van der Waals surface area contributed by atoms with E-state index in [4.69, 9.17) is 5.10 Å². The predicted molar refractivity (Wildman–Crippen MR) is 260 cm³/mol. The number of urea groups is 1. The zero-order valence-corrected chi connectivity index (χ0v) is 39.7. The Hall–Kier alpha value is -6.37. The number of benzene rings is 2. The largest absolute Gasteiger partial charge is 0.369 e. The minimum absolute atomic E-state index is 0.0389. The van der Waals surface area contributed by atoms with Crippen LogP contribution in [0, 0.1) is 5.82 Å². The lowest BCUT2D eigenvalue weighted by molar-refractivity contribution is -0.132. The number of hydrogen-bond donors (Lipinski definition) is 2. The molecular formula is C50H63F3N14O2. The molecule has 3 amide bonds. The van der Waals surface area contributed by atoms with Crippen molar-refractivity contribution in [3.63, 3.8) is 0 Å². The molecule has 16 nitrogen and oxygen atoms in total. The molecular weight excluding hydrogens is 886 g/mol. The molecule has 0 unspecified atom stereocenters. The average molecular weight is 949 g/mol. The summed E-state index contributed by atoms with van der Waals surface area (Å²) in [6.45, 7) is 8.80. The first-order valence-corrected chi connectivity index (χ1v) is 24.7. The molecule has 2 N–H and O–H groups in total. The zero-order chi connectivity index (χ0) is 47.6. The van der Waals surface area contributed by atoms with Gasteiger partial charge in [-0.3, -0.25) is 19.1 Å². The van der Waals surface area contributed by atoms with E-state index < -0.39 is 6.43 Å². The number of nitrogens with one attached hydrogen (secondary N) is 2. The van der Waals surface area contributed by atoms with Gasteiger partial charge in [-0.05, 0) is 92.9 Å². The van der Waals surface area contributed by atoms with Gasteiger partial charge in [0.15, 0.2) is 5.82 Å². The fraction of sp³-hybridized carbons (Fsp3) is 0.520. The first-order valence-electron chi connectivity index (χ1n) is 24.7. The number of amides is 3. The third-order valence-electron chi connectivity index (χ3n) is 14.8. The van der Waals surface area contributed by atoms with Crippen LogP contribution >= 0.6 is 0 Å². The van der Waals surface area contributed by atoms with Crippen molar-refractivity contribution >= 4 is 40.8 Å². The van der Waals surface area contributed by atoms with E-state index in [1.807, 2.05) is 23.1 Å². The van der Waals surface area contributed by atoms with Gasteiger partial charge < -0.3 is 35.1 Å². The van der Waals surface area contributed by atoms with Gasteiger partial charge in [-0.2, -0.15) is 10.2 Å². The first-order chi connectivity index (χ1) is 33.6. The zero-order valence-electron chi connectivity index (χ0n) is 39.7. The Bertz CT molecular complexity index is 2620. The molecule has 3 saturated heterocycles. The van der Waals surface area contributed by atoms with Crippen molar-refractivity contribution in [2.75, 3.05) is 99.1 Å². The summed E-state index contributed by atoms with van der Waals surface area (Å²) < 4.78 is 47.2. The highest BCUT2D eigenvalue weighted by Gasteiger charge is 2.36. The quantitative estimate of drug-likeness (QED) is 0.137. The Morgan fingerprint density at radius 1 is 0.884 bits per heavy atom. The second-order valence-corrected chi connectivity index (χ2v) is 19.2. The van der Waals surface area contributed by atoms with E-state index in [9.17, 15) is 22.8 Å². The number of hydrogen-bond acceptors (Lipinski definition) is 11. The highest BCUT2D eigenvalue weighted by molar-refractivity contribution is 5.78. The van der Waals surface area contributed by atoms with Crippen molar-refractivity contribution in [1.82, 2.24) is 49.5 Å². The van der Waals surface area contributed by atoms with Gasteiger partial charge in [0, 0.05) is 144 Å². The number of alkyl halides is 2. The maximum atomic E-state index is 14.8. The summed E-state index contributed by atoms with van der Waals surface area (Å²) in [4.78, 5) is 48.5. The van der Waals surface area contributed by atoms with Gasteiger partial charge in [-0.1, -0.05) is 6.07 Å². The number of rotatable bonds is 12. The lowest BCUT2D eigenvalue weighted by Gasteiger charge is -2.36. The standard InChI is InChI=1S/C50H63F3N14O2/c1-54-50(69)65-20-14-43-42(32-65)49(66-17-4-7-34-25-40(35-29-57-60(2)30-35)41(48(52)53)27-44(34)66)59-67(43)38-12-18-63(19-13-38)47(68)11-6-15-61-21-23-62(24-22-61)46-28-45(55-33-56-46)58-37-9-5-16-64(31-37)39-10-3-8-36(51)26-39/h3,8,10,25-30,33,37-38,48H,4-7,9,11-24,31-32H2,1-2H3,(H,54,69)(H,55,56,58)/t37-/m1/s1. The SMILES string of the molecule is CNC(=O)N1CCc2c(c(N3CCCc4cc(-c5cnn(C)c5)c(C(F)F)cc43)nn2C2CCN(C(=O)CCCN3CCN(c4cc(N[C@@H]5CCCN(c6cccc(F)c6)C5)ncn4)CC3)CC2)C1. The van der Waals surface area contributed by atoms with E-state index in [0.29, 0.717) is 56.7 Å². The number of piperidine rings is 2. The maximum Gasteiger partial charge on any atom is 0.317 e. The molecule has 0 spiro atoms. The van der Waals surface area contributed by atoms with Crippen molar-refractivity contribution in [3.05, 3.63) is 89.4 Å². The van der Waals surface area contributed by atoms with Crippen LogP contribution in [0.2, 0.25) is 0 Å². The van der Waals surface area contributed by atoms with Crippen molar-refractivity contribution in [1.29, 1.82) is 0 Å². The van der Waals surface area contributed by atoms with E-state index in [0.717, 1.165) is 136 Å². The summed E-state index contributed by atoms with van der Waals surface area (Å²) in [6.07, 6.45) is 9.38. The van der Waals surface area contributed by atoms with Crippen LogP contribution in [0.15, 0.2) is 61.2 Å². The van der Waals surface area contributed by atoms with Gasteiger partial charge in [-0.25, -0.2) is 27.9 Å². The number of piperazine rings is 1. The fourth-order valence-corrected chi connectivity index (χ4v) is 11.1. The summed E-state index contributed by atoms with van der Waals surface area (Å²) in [5.41, 5.74) is 5.77. The first kappa shape index (κ1) is 46.4. The summed E-state index contributed by atoms with van der Waals surface area (Å²) in [5.74, 6) is 2.38. The summed E-state index contributed by atoms with van der Waals surface area (Å²) >= 11 is 0. The lowest BCUT2D eigenvalue weighted by atomic mass is 9.92. The Balaban J connectivity index is 0.733. The topological polar surface area (TPSA) is 139 Å². The van der Waals surface area contributed by atoms with Crippen LogP contribution in [0.25, 0.3) is 11.1 Å². The van der Waals surface area contributed by atoms with Gasteiger partial charge in [0.05, 0.1) is 18.8 Å². The van der Waals surface area contributed by atoms with Crippen molar-refractivity contribution in [3.8, 4) is 11.1 Å². The molecule has 366 valence electrons. The molecule has 2 aromatic carbocycles. The number of aromatic nitrogens is 6. The monoisotopic (exact) mass is 949 g/mol. The van der Waals surface area contributed by atoms with Crippen LogP contribution in [0.4, 0.5) is 46.8 Å². The summed E-state index contributed by atoms with van der Waals surface area (Å²) in [6, 6.07) is 12.5. The number of halogens is 3. The number of nitrogens with zero attached hydrogens (tertiary/aromatic N) is 12. The molecule has 3 fully saturated rings. The van der Waals surface area contributed by atoms with Gasteiger partial charge in [0.1, 0.15) is 23.8 Å². The van der Waals surface area contributed by atoms with E-state index in [1.165, 1.54) is 6.07 Å². The van der Waals surface area contributed by atoms with Crippen molar-refractivity contribution < 1.29 is 22.8 Å². The number of carbonyl (C=O) groups is 2. The van der Waals surface area contributed by atoms with Crippen molar-refractivity contribution in [2.45, 2.75) is 82.8 Å². The highest BCUT2D eigenvalue weighted by Crippen LogP contribution is 2.44. The minimum atomic E-state index is -2.68. The second kappa shape index (κ2) is 20.3. The van der Waals surface area contributed by atoms with E-state index >= 15 is 0 Å². The van der Waals surface area contributed by atoms with Gasteiger partial charge in [0.25, 0.3) is 6.43 Å². The van der Waals surface area contributed by atoms with Crippen LogP contribution in [0.1, 0.15) is 79.8 Å². The smallest absolute Gasteiger partial charge is 0.317 e. The van der Waals surface area contributed by atoms with Crippen LogP contribution in [0.5, 0.6) is 0 Å². The van der Waals surface area contributed by atoms with E-state index in [-0.39, 0.29) is 35.4 Å². The Morgan fingerprint density at radius 2 is 1.72 bits per heavy atom. The molecule has 0 aliphatic carbocycles. The van der Waals surface area contributed by atoms with Crippen LogP contribution in [0.3, 0.4) is 0 Å². The third kappa shape index (κ3) is 10.1. The lowest BCUT2D eigenvalue weighted by Crippen LogP contribution is -2.47. The van der Waals surface area contributed by atoms with E-state index in [2.05, 4.69) is 50.0 Å². The predicted octanol–water partition coefficient (Wildman–Crippen LogP) is 6.78. The highest BCUT2D eigenvalue weighted by atomic mass is 19.3. The molecule has 0 saturated carbocycles. The maximum absolute atomic E-state index is 14.8. The molecule has 0 bridgehead atoms. The molecule has 5 aliphatic heterocycles.